The Kier molecular flexibility index (Phi) is 7.02. The summed E-state index contributed by atoms with van der Waals surface area (Å²) < 4.78 is 0.280. The minimum atomic E-state index is -0.104. The lowest BCUT2D eigenvalue weighted by Crippen LogP contribution is -2.47. The Bertz CT molecular complexity index is 1060. The Morgan fingerprint density at radius 1 is 1.23 bits per heavy atom. The predicted molar refractivity (Wildman–Crippen MR) is 125 cm³/mol. The van der Waals surface area contributed by atoms with Crippen LogP contribution in [0.3, 0.4) is 0 Å². The van der Waals surface area contributed by atoms with E-state index in [2.05, 4.69) is 20.2 Å². The van der Waals surface area contributed by atoms with Crippen molar-refractivity contribution in [3.8, 4) is 11.3 Å². The molecule has 1 aromatic heterocycles. The van der Waals surface area contributed by atoms with Gasteiger partial charge in [-0.15, -0.1) is 0 Å². The molecule has 30 heavy (non-hydrogen) atoms. The number of amides is 1. The van der Waals surface area contributed by atoms with Crippen molar-refractivity contribution in [3.63, 3.8) is 0 Å². The van der Waals surface area contributed by atoms with Gasteiger partial charge in [-0.05, 0) is 26.1 Å². The fraction of sp³-hybridized carbons (Fsp3) is 0.350. The summed E-state index contributed by atoms with van der Waals surface area (Å²) in [6.07, 6.45) is 0. The summed E-state index contributed by atoms with van der Waals surface area (Å²) in [4.78, 5) is 24.6. The van der Waals surface area contributed by atoms with Crippen LogP contribution < -0.4 is 11.1 Å². The summed E-state index contributed by atoms with van der Waals surface area (Å²) in [5.74, 6) is 0.369. The van der Waals surface area contributed by atoms with Gasteiger partial charge in [0.25, 0.3) is 5.91 Å². The number of hydrogen-bond donors (Lipinski definition) is 3. The minimum Gasteiger partial charge on any atom is -0.398 e. The van der Waals surface area contributed by atoms with Gasteiger partial charge >= 0.3 is 0 Å². The van der Waals surface area contributed by atoms with E-state index in [-0.39, 0.29) is 16.2 Å². The van der Waals surface area contributed by atoms with E-state index in [0.29, 0.717) is 45.9 Å². The first-order valence-electron chi connectivity index (χ1n) is 9.45. The molecule has 2 aromatic rings. The highest BCUT2D eigenvalue weighted by molar-refractivity contribution is 7.71. The fourth-order valence-electron chi connectivity index (χ4n) is 3.26. The van der Waals surface area contributed by atoms with Gasteiger partial charge in [-0.2, -0.15) is 0 Å². The van der Waals surface area contributed by atoms with Crippen LogP contribution in [0.4, 0.5) is 5.95 Å². The molecule has 0 bridgehead atoms. The number of halogens is 2. The van der Waals surface area contributed by atoms with E-state index in [9.17, 15) is 4.79 Å². The molecule has 0 unspecified atom stereocenters. The van der Waals surface area contributed by atoms with Crippen LogP contribution in [0.5, 0.6) is 0 Å². The molecular formula is C20H24Cl2N6OS. The number of rotatable bonds is 4. The Labute approximate surface area is 190 Å². The third kappa shape index (κ3) is 4.62. The van der Waals surface area contributed by atoms with Crippen LogP contribution in [-0.4, -0.2) is 65.9 Å². The van der Waals surface area contributed by atoms with Crippen LogP contribution >= 0.6 is 35.4 Å². The summed E-state index contributed by atoms with van der Waals surface area (Å²) in [6, 6.07) is 5.22. The molecule has 1 aromatic carbocycles. The van der Waals surface area contributed by atoms with Gasteiger partial charge < -0.3 is 25.8 Å². The molecule has 0 atom stereocenters. The number of carbonyl (C=O) groups is 1. The van der Waals surface area contributed by atoms with Crippen molar-refractivity contribution >= 4 is 53.0 Å². The summed E-state index contributed by atoms with van der Waals surface area (Å²) >= 11 is 17.8. The maximum absolute atomic E-state index is 13.1. The number of carbonyl (C=O) groups excluding carboxylic acids is 1. The van der Waals surface area contributed by atoms with Gasteiger partial charge in [-0.1, -0.05) is 41.5 Å². The van der Waals surface area contributed by atoms with E-state index in [1.165, 1.54) is 0 Å². The smallest absolute Gasteiger partial charge is 0.251 e. The van der Waals surface area contributed by atoms with Gasteiger partial charge in [0.1, 0.15) is 4.64 Å². The predicted octanol–water partition coefficient (Wildman–Crippen LogP) is 3.62. The highest BCUT2D eigenvalue weighted by Crippen LogP contribution is 2.33. The normalized spacial score (nSPS) is 15.7. The number of aromatic nitrogens is 2. The Morgan fingerprint density at radius 3 is 2.50 bits per heavy atom. The molecule has 3 rings (SSSR count). The average molecular weight is 467 g/mol. The molecule has 1 aliphatic heterocycles. The number of benzene rings is 1. The lowest BCUT2D eigenvalue weighted by molar-refractivity contribution is -0.128. The fourth-order valence-corrected chi connectivity index (χ4v) is 3.86. The van der Waals surface area contributed by atoms with Gasteiger partial charge in [0.2, 0.25) is 5.95 Å². The summed E-state index contributed by atoms with van der Waals surface area (Å²) in [5.41, 5.74) is 9.03. The van der Waals surface area contributed by atoms with E-state index in [1.807, 2.05) is 18.0 Å². The molecule has 1 aliphatic rings. The molecule has 0 spiro atoms. The molecule has 1 fully saturated rings. The quantitative estimate of drug-likeness (QED) is 0.470. The molecule has 7 nitrogen and oxygen atoms in total. The highest BCUT2D eigenvalue weighted by atomic mass is 35.5. The van der Waals surface area contributed by atoms with E-state index in [4.69, 9.17) is 41.2 Å². The summed E-state index contributed by atoms with van der Waals surface area (Å²) in [7, 11) is 3.77. The van der Waals surface area contributed by atoms with Gasteiger partial charge in [0.15, 0.2) is 0 Å². The molecule has 0 radical (unpaired) electrons. The summed E-state index contributed by atoms with van der Waals surface area (Å²) in [5, 5.41) is 3.79. The van der Waals surface area contributed by atoms with E-state index < -0.39 is 0 Å². The third-order valence-electron chi connectivity index (χ3n) is 5.15. The molecule has 0 aliphatic carbocycles. The van der Waals surface area contributed by atoms with Crippen molar-refractivity contribution in [1.82, 2.24) is 19.8 Å². The van der Waals surface area contributed by atoms with Crippen molar-refractivity contribution in [2.24, 2.45) is 5.73 Å². The largest absolute Gasteiger partial charge is 0.398 e. The zero-order chi connectivity index (χ0) is 22.0. The van der Waals surface area contributed by atoms with E-state index >= 15 is 0 Å². The van der Waals surface area contributed by atoms with E-state index in [0.717, 1.165) is 18.7 Å². The molecule has 160 valence electrons. The minimum absolute atomic E-state index is 0.104. The number of hydrogen-bond acceptors (Lipinski definition) is 6. The lowest BCUT2D eigenvalue weighted by atomic mass is 10.0. The number of nitrogens with two attached hydrogens (primary N) is 1. The van der Waals surface area contributed by atoms with Crippen molar-refractivity contribution in [1.29, 1.82) is 0 Å². The van der Waals surface area contributed by atoms with Crippen molar-refractivity contribution in [2.75, 3.05) is 45.6 Å². The third-order valence-corrected chi connectivity index (χ3v) is 6.18. The second-order valence-corrected chi connectivity index (χ2v) is 8.35. The maximum Gasteiger partial charge on any atom is 0.251 e. The maximum atomic E-state index is 13.1. The highest BCUT2D eigenvalue weighted by Gasteiger charge is 2.24. The number of likely N-dealkylation sites (N-methyl/N-ethyl adjacent to an activating group) is 1. The first-order valence-corrected chi connectivity index (χ1v) is 10.6. The molecule has 0 saturated carbocycles. The van der Waals surface area contributed by atoms with Gasteiger partial charge in [-0.25, -0.2) is 4.98 Å². The second kappa shape index (κ2) is 9.34. The molecule has 1 saturated heterocycles. The Balaban J connectivity index is 2.11. The standard InChI is InChI=1S/C20H24Cl2N6OS/c1-11(19(29)28-8-6-27(3)7-9-28)16(23)15-17(25-20(24-2)26-18(15)30)12-4-5-13(21)14(22)10-12/h4-5,10H,6-9,23H2,1-3H3,(H2,24,25,26,30)/b16-11-. The zero-order valence-electron chi connectivity index (χ0n) is 17.1. The van der Waals surface area contributed by atoms with Crippen LogP contribution in [0.15, 0.2) is 23.8 Å². The summed E-state index contributed by atoms with van der Waals surface area (Å²) in [6.45, 7) is 4.68. The molecule has 1 amide bonds. The number of anilines is 1. The average Bonchev–Trinajstić information content (AvgIpc) is 2.74. The van der Waals surface area contributed by atoms with Crippen LogP contribution in [0.1, 0.15) is 12.5 Å². The van der Waals surface area contributed by atoms with Crippen LogP contribution in [-0.2, 0) is 4.79 Å². The van der Waals surface area contributed by atoms with Gasteiger partial charge in [-0.3, -0.25) is 4.79 Å². The number of nitrogens with one attached hydrogen (secondary N) is 2. The number of aromatic amines is 1. The number of piperazine rings is 1. The molecule has 10 heteroatoms. The topological polar surface area (TPSA) is 90.3 Å². The lowest BCUT2D eigenvalue weighted by Gasteiger charge is -2.32. The second-order valence-electron chi connectivity index (χ2n) is 7.15. The van der Waals surface area contributed by atoms with Crippen LogP contribution in [0, 0.1) is 4.64 Å². The first-order chi connectivity index (χ1) is 14.2. The zero-order valence-corrected chi connectivity index (χ0v) is 19.4. The number of nitrogens with zero attached hydrogens (tertiary/aromatic N) is 3. The van der Waals surface area contributed by atoms with E-state index in [1.54, 1.807) is 26.1 Å². The SMILES string of the molecule is CNc1nc(=S)c(/C(N)=C(\C)C(=O)N2CCN(C)CC2)c(-c2ccc(Cl)c(Cl)c2)[nH]1. The van der Waals surface area contributed by atoms with Gasteiger partial charge in [0.05, 0.1) is 27.0 Å². The van der Waals surface area contributed by atoms with Gasteiger partial charge in [0, 0.05) is 44.4 Å². The molecule has 4 N–H and O–H groups in total. The Morgan fingerprint density at radius 2 is 1.90 bits per heavy atom. The van der Waals surface area contributed by atoms with Crippen LogP contribution in [0.25, 0.3) is 17.0 Å². The van der Waals surface area contributed by atoms with Crippen LogP contribution in [0.2, 0.25) is 10.0 Å². The monoisotopic (exact) mass is 466 g/mol. The van der Waals surface area contributed by atoms with Crippen molar-refractivity contribution < 1.29 is 4.79 Å². The first kappa shape index (κ1) is 22.6. The number of H-pyrrole nitrogens is 1. The van der Waals surface area contributed by atoms with Crippen molar-refractivity contribution in [3.05, 3.63) is 44.0 Å². The van der Waals surface area contributed by atoms with Crippen molar-refractivity contribution in [2.45, 2.75) is 6.92 Å². The Hall–Kier alpha value is -2.13. The molecule has 2 heterocycles. The molecular weight excluding hydrogens is 443 g/mol.